The zero-order chi connectivity index (χ0) is 10.8. The molecule has 0 bridgehead atoms. The Morgan fingerprint density at radius 1 is 0.812 bits per heavy atom. The third kappa shape index (κ3) is 1.44. The first-order valence-corrected chi connectivity index (χ1v) is 4.63. The van der Waals surface area contributed by atoms with E-state index in [0.717, 1.165) is 0 Å². The molecule has 0 aliphatic rings. The van der Waals surface area contributed by atoms with Gasteiger partial charge in [0.1, 0.15) is 24.0 Å². The van der Waals surface area contributed by atoms with Gasteiger partial charge in [0.25, 0.3) is 0 Å². The van der Waals surface area contributed by atoms with Crippen LogP contribution in [0, 0.1) is 0 Å². The summed E-state index contributed by atoms with van der Waals surface area (Å²) in [5.41, 5.74) is 1.37. The maximum absolute atomic E-state index is 4.37. The van der Waals surface area contributed by atoms with Crippen LogP contribution in [0.3, 0.4) is 0 Å². The van der Waals surface area contributed by atoms with E-state index in [1.807, 2.05) is 18.2 Å². The third-order valence-corrected chi connectivity index (χ3v) is 2.04. The van der Waals surface area contributed by atoms with E-state index in [4.69, 9.17) is 0 Å². The molecule has 0 aliphatic heterocycles. The van der Waals surface area contributed by atoms with Crippen molar-refractivity contribution >= 4 is 0 Å². The van der Waals surface area contributed by atoms with E-state index in [9.17, 15) is 0 Å². The van der Waals surface area contributed by atoms with Crippen LogP contribution >= 0.6 is 0 Å². The summed E-state index contributed by atoms with van der Waals surface area (Å²) in [6.07, 6.45) is 3.02. The van der Waals surface area contributed by atoms with Gasteiger partial charge in [-0.3, -0.25) is 10.2 Å². The van der Waals surface area contributed by atoms with Gasteiger partial charge in [-0.25, -0.2) is 15.0 Å². The van der Waals surface area contributed by atoms with E-state index in [1.165, 1.54) is 12.7 Å². The Morgan fingerprint density at radius 2 is 1.38 bits per heavy atom. The van der Waals surface area contributed by atoms with Crippen molar-refractivity contribution in [3.05, 3.63) is 30.9 Å². The van der Waals surface area contributed by atoms with Gasteiger partial charge in [-0.15, -0.1) is 0 Å². The van der Waals surface area contributed by atoms with Gasteiger partial charge in [0.2, 0.25) is 0 Å². The van der Waals surface area contributed by atoms with E-state index in [0.29, 0.717) is 23.0 Å². The zero-order valence-corrected chi connectivity index (χ0v) is 8.12. The number of H-pyrrole nitrogens is 2. The number of aromatic amines is 2. The Kier molecular flexibility index (Phi) is 1.93. The van der Waals surface area contributed by atoms with E-state index >= 15 is 0 Å². The molecular formula is C9H7N7. The Hall–Kier alpha value is -2.57. The van der Waals surface area contributed by atoms with Gasteiger partial charge in [-0.1, -0.05) is 6.07 Å². The molecule has 0 aliphatic carbocycles. The molecule has 2 N–H and O–H groups in total. The van der Waals surface area contributed by atoms with Crippen LogP contribution in [0.4, 0.5) is 0 Å². The number of hydrogen-bond acceptors (Lipinski definition) is 5. The van der Waals surface area contributed by atoms with Crippen LogP contribution in [0.1, 0.15) is 0 Å². The van der Waals surface area contributed by atoms with Crippen molar-refractivity contribution in [2.75, 3.05) is 0 Å². The maximum Gasteiger partial charge on any atom is 0.199 e. The molecule has 16 heavy (non-hydrogen) atoms. The van der Waals surface area contributed by atoms with Gasteiger partial charge < -0.3 is 0 Å². The first kappa shape index (κ1) is 8.72. The highest BCUT2D eigenvalue weighted by Gasteiger charge is 2.07. The fourth-order valence-electron chi connectivity index (χ4n) is 1.35. The summed E-state index contributed by atoms with van der Waals surface area (Å²) < 4.78 is 0. The Bertz CT molecular complexity index is 520. The van der Waals surface area contributed by atoms with Gasteiger partial charge in [0, 0.05) is 0 Å². The normalized spacial score (nSPS) is 10.5. The second-order valence-electron chi connectivity index (χ2n) is 3.05. The van der Waals surface area contributed by atoms with Crippen LogP contribution in [0.5, 0.6) is 0 Å². The number of aromatic nitrogens is 7. The molecule has 0 atom stereocenters. The Morgan fingerprint density at radius 3 is 1.81 bits per heavy atom. The number of hydrogen-bond donors (Lipinski definition) is 2. The van der Waals surface area contributed by atoms with Crippen molar-refractivity contribution in [2.45, 2.75) is 0 Å². The van der Waals surface area contributed by atoms with E-state index in [1.54, 1.807) is 0 Å². The molecule has 3 aromatic heterocycles. The minimum atomic E-state index is 0.553. The van der Waals surface area contributed by atoms with E-state index in [-0.39, 0.29) is 0 Å². The maximum atomic E-state index is 4.37. The summed E-state index contributed by atoms with van der Waals surface area (Å²) in [4.78, 5) is 12.4. The SMILES string of the molecule is c1cc(-c2nc[nH]n2)nc(-c2nc[nH]n2)c1. The molecule has 0 fully saturated rings. The Balaban J connectivity index is 2.07. The number of nitrogens with zero attached hydrogens (tertiary/aromatic N) is 5. The van der Waals surface area contributed by atoms with E-state index < -0.39 is 0 Å². The molecule has 0 saturated carbocycles. The minimum Gasteiger partial charge on any atom is -0.265 e. The van der Waals surface area contributed by atoms with E-state index in [2.05, 4.69) is 35.3 Å². The van der Waals surface area contributed by atoms with Crippen LogP contribution in [0.15, 0.2) is 30.9 Å². The van der Waals surface area contributed by atoms with Gasteiger partial charge in [0.05, 0.1) is 0 Å². The lowest BCUT2D eigenvalue weighted by atomic mass is 10.3. The molecule has 0 radical (unpaired) electrons. The largest absolute Gasteiger partial charge is 0.265 e. The first-order valence-electron chi connectivity index (χ1n) is 4.63. The molecule has 0 spiro atoms. The third-order valence-electron chi connectivity index (χ3n) is 2.04. The first-order chi connectivity index (χ1) is 7.93. The topological polar surface area (TPSA) is 96.0 Å². The number of nitrogens with one attached hydrogen (secondary N) is 2. The molecular weight excluding hydrogens is 206 g/mol. The number of rotatable bonds is 2. The van der Waals surface area contributed by atoms with Gasteiger partial charge in [-0.05, 0) is 12.1 Å². The van der Waals surface area contributed by atoms with Crippen molar-refractivity contribution in [2.24, 2.45) is 0 Å². The average Bonchev–Trinajstić information content (AvgIpc) is 3.03. The Labute approximate surface area is 90.0 Å². The summed E-state index contributed by atoms with van der Waals surface area (Å²) in [5.74, 6) is 1.11. The molecule has 0 amide bonds. The van der Waals surface area contributed by atoms with Crippen molar-refractivity contribution in [1.82, 2.24) is 35.3 Å². The summed E-state index contributed by atoms with van der Waals surface area (Å²) in [6.45, 7) is 0. The minimum absolute atomic E-state index is 0.553. The summed E-state index contributed by atoms with van der Waals surface area (Å²) in [5, 5.41) is 13.2. The summed E-state index contributed by atoms with van der Waals surface area (Å²) in [7, 11) is 0. The molecule has 7 heteroatoms. The predicted octanol–water partition coefficient (Wildman–Crippen LogP) is 0.652. The van der Waals surface area contributed by atoms with Gasteiger partial charge in [-0.2, -0.15) is 10.2 Å². The fourth-order valence-corrected chi connectivity index (χ4v) is 1.35. The fraction of sp³-hybridized carbons (Fsp3) is 0. The number of pyridine rings is 1. The van der Waals surface area contributed by atoms with Crippen LogP contribution in [0.25, 0.3) is 23.0 Å². The average molecular weight is 213 g/mol. The molecule has 3 aromatic rings. The zero-order valence-electron chi connectivity index (χ0n) is 8.12. The predicted molar refractivity (Wildman–Crippen MR) is 55.0 cm³/mol. The van der Waals surface area contributed by atoms with Crippen molar-refractivity contribution in [3.8, 4) is 23.0 Å². The lowest BCUT2D eigenvalue weighted by Crippen LogP contribution is -1.90. The van der Waals surface area contributed by atoms with Crippen molar-refractivity contribution < 1.29 is 0 Å². The van der Waals surface area contributed by atoms with Crippen LogP contribution in [-0.4, -0.2) is 35.3 Å². The monoisotopic (exact) mass is 213 g/mol. The summed E-state index contributed by atoms with van der Waals surface area (Å²) in [6, 6.07) is 5.53. The standard InChI is InChI=1S/C9H7N7/c1-2-6(8-10-4-12-15-8)14-7(3-1)9-11-5-13-16-9/h1-5H,(H,10,12,15)(H,11,13,16). The molecule has 78 valence electrons. The molecule has 3 rings (SSSR count). The second-order valence-corrected chi connectivity index (χ2v) is 3.05. The van der Waals surface area contributed by atoms with Gasteiger partial charge >= 0.3 is 0 Å². The van der Waals surface area contributed by atoms with Crippen molar-refractivity contribution in [3.63, 3.8) is 0 Å². The lowest BCUT2D eigenvalue weighted by molar-refractivity contribution is 1.07. The van der Waals surface area contributed by atoms with Gasteiger partial charge in [0.15, 0.2) is 11.6 Å². The van der Waals surface area contributed by atoms with Crippen LogP contribution in [-0.2, 0) is 0 Å². The highest BCUT2D eigenvalue weighted by Crippen LogP contribution is 2.16. The highest BCUT2D eigenvalue weighted by molar-refractivity contribution is 5.56. The molecule has 7 nitrogen and oxygen atoms in total. The molecule has 3 heterocycles. The van der Waals surface area contributed by atoms with Crippen molar-refractivity contribution in [1.29, 1.82) is 0 Å². The summed E-state index contributed by atoms with van der Waals surface area (Å²) >= 11 is 0. The second kappa shape index (κ2) is 3.54. The smallest absolute Gasteiger partial charge is 0.199 e. The molecule has 0 unspecified atom stereocenters. The quantitative estimate of drug-likeness (QED) is 0.651. The molecule has 0 aromatic carbocycles. The lowest BCUT2D eigenvalue weighted by Gasteiger charge is -1.97. The highest BCUT2D eigenvalue weighted by atomic mass is 15.2. The van der Waals surface area contributed by atoms with Crippen LogP contribution < -0.4 is 0 Å². The van der Waals surface area contributed by atoms with Crippen LogP contribution in [0.2, 0.25) is 0 Å². The molecule has 0 saturated heterocycles.